The Labute approximate surface area is 75.3 Å². The molecule has 0 aromatic carbocycles. The fraction of sp³-hybridized carbons (Fsp3) is 0.875. The molecule has 0 saturated carbocycles. The quantitative estimate of drug-likeness (QED) is 0.594. The molecule has 1 rings (SSSR count). The van der Waals surface area contributed by atoms with Crippen LogP contribution in [0.1, 0.15) is 13.8 Å². The summed E-state index contributed by atoms with van der Waals surface area (Å²) in [4.78, 5) is 13.2. The van der Waals surface area contributed by atoms with Gasteiger partial charge in [-0.15, -0.1) is 9.24 Å². The summed E-state index contributed by atoms with van der Waals surface area (Å²) in [6, 6.07) is 0. The van der Waals surface area contributed by atoms with Crippen LogP contribution in [0.25, 0.3) is 0 Å². The number of hydrogen-bond donors (Lipinski definition) is 1. The summed E-state index contributed by atoms with van der Waals surface area (Å²) in [7, 11) is 2.57. The summed E-state index contributed by atoms with van der Waals surface area (Å²) in [5.41, 5.74) is 0.146. The average molecular weight is 189 g/mol. The van der Waals surface area contributed by atoms with Gasteiger partial charge in [0, 0.05) is 24.7 Å². The number of hydrogen-bond acceptors (Lipinski definition) is 2. The van der Waals surface area contributed by atoms with E-state index in [1.54, 1.807) is 4.90 Å². The minimum absolute atomic E-state index is 0.0347. The van der Waals surface area contributed by atoms with E-state index in [4.69, 9.17) is 0 Å². The predicted molar refractivity (Wildman–Crippen MR) is 50.9 cm³/mol. The summed E-state index contributed by atoms with van der Waals surface area (Å²) < 4.78 is 0. The second-order valence-corrected chi connectivity index (χ2v) is 4.49. The minimum Gasteiger partial charge on any atom is -0.391 e. The highest BCUT2D eigenvalue weighted by molar-refractivity contribution is 7.17. The van der Waals surface area contributed by atoms with Crippen molar-refractivity contribution in [3.8, 4) is 0 Å². The lowest BCUT2D eigenvalue weighted by atomic mass is 10.2. The average Bonchev–Trinajstić information content (AvgIpc) is 2.30. The third-order valence-corrected chi connectivity index (χ3v) is 2.79. The Balaban J connectivity index is 2.52. The molecule has 1 aliphatic heterocycles. The van der Waals surface area contributed by atoms with Crippen LogP contribution in [0.4, 0.5) is 0 Å². The largest absolute Gasteiger partial charge is 0.391 e. The number of amides is 1. The maximum absolute atomic E-state index is 11.4. The molecule has 3 unspecified atom stereocenters. The molecule has 0 aromatic heterocycles. The zero-order chi connectivity index (χ0) is 9.30. The number of aliphatic hydroxyl groups is 1. The third-order valence-electron chi connectivity index (χ3n) is 2.14. The van der Waals surface area contributed by atoms with Gasteiger partial charge < -0.3 is 10.0 Å². The maximum Gasteiger partial charge on any atom is 0.225 e. The van der Waals surface area contributed by atoms with Crippen molar-refractivity contribution in [2.75, 3.05) is 13.1 Å². The maximum atomic E-state index is 11.4. The van der Waals surface area contributed by atoms with Crippen molar-refractivity contribution in [1.29, 1.82) is 0 Å². The van der Waals surface area contributed by atoms with Crippen LogP contribution < -0.4 is 0 Å². The summed E-state index contributed by atoms with van der Waals surface area (Å²) in [5, 5.41) is 9.38. The lowest BCUT2D eigenvalue weighted by Gasteiger charge is -2.17. The van der Waals surface area contributed by atoms with E-state index in [9.17, 15) is 9.90 Å². The van der Waals surface area contributed by atoms with E-state index in [-0.39, 0.29) is 23.6 Å². The minimum atomic E-state index is -0.363. The zero-order valence-electron chi connectivity index (χ0n) is 7.53. The highest BCUT2D eigenvalue weighted by Gasteiger charge is 2.31. The molecule has 4 heteroatoms. The second kappa shape index (κ2) is 3.71. The van der Waals surface area contributed by atoms with Crippen LogP contribution in [0.2, 0.25) is 0 Å². The Morgan fingerprint density at radius 1 is 1.58 bits per heavy atom. The first-order chi connectivity index (χ1) is 5.52. The topological polar surface area (TPSA) is 40.5 Å². The van der Waals surface area contributed by atoms with Gasteiger partial charge in [-0.1, -0.05) is 13.8 Å². The summed E-state index contributed by atoms with van der Waals surface area (Å²) in [6.07, 6.45) is -0.363. The van der Waals surface area contributed by atoms with Crippen LogP contribution in [0.5, 0.6) is 0 Å². The van der Waals surface area contributed by atoms with E-state index >= 15 is 0 Å². The van der Waals surface area contributed by atoms with E-state index in [1.165, 1.54) is 0 Å². The molecule has 1 N–H and O–H groups in total. The van der Waals surface area contributed by atoms with Crippen LogP contribution in [0.15, 0.2) is 0 Å². The third kappa shape index (κ3) is 1.96. The van der Waals surface area contributed by atoms with Gasteiger partial charge in [-0.2, -0.15) is 0 Å². The van der Waals surface area contributed by atoms with Crippen molar-refractivity contribution >= 4 is 15.1 Å². The molecular weight excluding hydrogens is 173 g/mol. The standard InChI is InChI=1S/C8H16NO2P/c1-5(2)8(11)9-3-6(10)7(12)4-9/h5-7,10H,3-4,12H2,1-2H3. The summed E-state index contributed by atoms with van der Waals surface area (Å²) >= 11 is 0. The zero-order valence-corrected chi connectivity index (χ0v) is 8.68. The normalized spacial score (nSPS) is 29.9. The summed E-state index contributed by atoms with van der Waals surface area (Å²) in [5.74, 6) is 0.173. The molecule has 1 aliphatic rings. The molecular formula is C8H16NO2P. The van der Waals surface area contributed by atoms with Crippen LogP contribution >= 0.6 is 9.24 Å². The van der Waals surface area contributed by atoms with Gasteiger partial charge in [0.15, 0.2) is 0 Å². The first-order valence-corrected chi connectivity index (χ1v) is 4.91. The molecule has 1 amide bonds. The van der Waals surface area contributed by atoms with Gasteiger partial charge >= 0.3 is 0 Å². The first-order valence-electron chi connectivity index (χ1n) is 4.24. The number of rotatable bonds is 1. The van der Waals surface area contributed by atoms with Gasteiger partial charge in [0.05, 0.1) is 6.10 Å². The molecule has 0 aromatic rings. The Kier molecular flexibility index (Phi) is 3.08. The Hall–Kier alpha value is -0.140. The second-order valence-electron chi connectivity index (χ2n) is 3.63. The van der Waals surface area contributed by atoms with Gasteiger partial charge in [0.1, 0.15) is 0 Å². The van der Waals surface area contributed by atoms with Gasteiger partial charge in [0.25, 0.3) is 0 Å². The molecule has 1 saturated heterocycles. The molecule has 1 fully saturated rings. The molecule has 0 bridgehead atoms. The van der Waals surface area contributed by atoms with Crippen LogP contribution in [-0.4, -0.2) is 40.8 Å². The van der Waals surface area contributed by atoms with Crippen molar-refractivity contribution in [2.45, 2.75) is 25.6 Å². The Morgan fingerprint density at radius 3 is 2.50 bits per heavy atom. The molecule has 12 heavy (non-hydrogen) atoms. The highest BCUT2D eigenvalue weighted by atomic mass is 31.0. The van der Waals surface area contributed by atoms with Gasteiger partial charge in [-0.3, -0.25) is 4.79 Å². The number of β-amino-alcohol motifs (C(OH)–C–C–N with tert-alkyl or cyclic N) is 1. The monoisotopic (exact) mass is 189 g/mol. The molecule has 70 valence electrons. The molecule has 0 radical (unpaired) electrons. The number of carbonyl (C=O) groups excluding carboxylic acids is 1. The van der Waals surface area contributed by atoms with Crippen molar-refractivity contribution in [3.05, 3.63) is 0 Å². The fourth-order valence-electron chi connectivity index (χ4n) is 1.36. The van der Waals surface area contributed by atoms with E-state index in [0.29, 0.717) is 13.1 Å². The molecule has 0 aliphatic carbocycles. The first kappa shape index (κ1) is 9.94. The van der Waals surface area contributed by atoms with Crippen molar-refractivity contribution in [3.63, 3.8) is 0 Å². The predicted octanol–water partition coefficient (Wildman–Crippen LogP) is 0.0892. The SMILES string of the molecule is CC(C)C(=O)N1CC(O)C(P)C1. The lowest BCUT2D eigenvalue weighted by molar-refractivity contribution is -0.133. The van der Waals surface area contributed by atoms with Crippen LogP contribution in [-0.2, 0) is 4.79 Å². The molecule has 0 spiro atoms. The van der Waals surface area contributed by atoms with Crippen LogP contribution in [0.3, 0.4) is 0 Å². The van der Waals surface area contributed by atoms with Crippen molar-refractivity contribution in [1.82, 2.24) is 4.90 Å². The number of likely N-dealkylation sites (tertiary alicyclic amines) is 1. The van der Waals surface area contributed by atoms with E-state index in [2.05, 4.69) is 9.24 Å². The lowest BCUT2D eigenvalue weighted by Crippen LogP contribution is -2.32. The van der Waals surface area contributed by atoms with Crippen molar-refractivity contribution in [2.24, 2.45) is 5.92 Å². The van der Waals surface area contributed by atoms with Gasteiger partial charge in [-0.25, -0.2) is 0 Å². The van der Waals surface area contributed by atoms with Gasteiger partial charge in [0.2, 0.25) is 5.91 Å². The van der Waals surface area contributed by atoms with Gasteiger partial charge in [-0.05, 0) is 0 Å². The highest BCUT2D eigenvalue weighted by Crippen LogP contribution is 2.19. The Bertz CT molecular complexity index is 174. The number of carbonyl (C=O) groups is 1. The van der Waals surface area contributed by atoms with E-state index < -0.39 is 0 Å². The van der Waals surface area contributed by atoms with Crippen molar-refractivity contribution < 1.29 is 9.90 Å². The fourth-order valence-corrected chi connectivity index (χ4v) is 1.73. The van der Waals surface area contributed by atoms with E-state index in [0.717, 1.165) is 0 Å². The number of nitrogens with zero attached hydrogens (tertiary/aromatic N) is 1. The Morgan fingerprint density at radius 2 is 2.17 bits per heavy atom. The number of aliphatic hydroxyl groups excluding tert-OH is 1. The molecule has 3 atom stereocenters. The molecule has 1 heterocycles. The smallest absolute Gasteiger partial charge is 0.225 e. The molecule has 3 nitrogen and oxygen atoms in total. The van der Waals surface area contributed by atoms with E-state index in [1.807, 2.05) is 13.8 Å². The van der Waals surface area contributed by atoms with Crippen LogP contribution in [0, 0.1) is 5.92 Å². The summed E-state index contributed by atoms with van der Waals surface area (Å²) in [6.45, 7) is 4.92.